The lowest BCUT2D eigenvalue weighted by atomic mass is 10.1. The maximum atomic E-state index is 5.86. The summed E-state index contributed by atoms with van der Waals surface area (Å²) in [7, 11) is 3.73. The molecule has 2 aromatic rings. The Hall–Kier alpha value is -2.07. The van der Waals surface area contributed by atoms with Gasteiger partial charge in [0.25, 0.3) is 0 Å². The van der Waals surface area contributed by atoms with Gasteiger partial charge in [0.05, 0.1) is 7.11 Å². The molecular weight excluding hydrogens is 238 g/mol. The second-order valence-corrected chi connectivity index (χ2v) is 4.64. The van der Waals surface area contributed by atoms with Gasteiger partial charge in [-0.15, -0.1) is 0 Å². The number of benzene rings is 1. The minimum atomic E-state index is 0.728. The molecule has 100 valence electrons. The first kappa shape index (κ1) is 13.4. The predicted octanol–water partition coefficient (Wildman–Crippen LogP) is 2.30. The molecule has 2 N–H and O–H groups in total. The van der Waals surface area contributed by atoms with Crippen molar-refractivity contribution in [2.24, 2.45) is 0 Å². The van der Waals surface area contributed by atoms with Gasteiger partial charge in [-0.05, 0) is 42.4 Å². The fraction of sp³-hybridized carbons (Fsp3) is 0.267. The highest BCUT2D eigenvalue weighted by atomic mass is 16.5. The molecule has 0 saturated carbocycles. The van der Waals surface area contributed by atoms with Gasteiger partial charge in [0.1, 0.15) is 5.75 Å². The summed E-state index contributed by atoms with van der Waals surface area (Å²) in [5, 5.41) is 0. The number of pyridine rings is 1. The summed E-state index contributed by atoms with van der Waals surface area (Å²) in [6, 6.07) is 9.87. The Morgan fingerprint density at radius 3 is 2.47 bits per heavy atom. The third kappa shape index (κ3) is 3.96. The molecule has 0 radical (unpaired) electrons. The zero-order chi connectivity index (χ0) is 13.7. The fourth-order valence-corrected chi connectivity index (χ4v) is 2.06. The summed E-state index contributed by atoms with van der Waals surface area (Å²) >= 11 is 0. The largest absolute Gasteiger partial charge is 0.497 e. The Balaban J connectivity index is 2.02. The van der Waals surface area contributed by atoms with Crippen LogP contribution in [0.15, 0.2) is 42.7 Å². The Bertz CT molecular complexity index is 528. The third-order valence-electron chi connectivity index (χ3n) is 2.88. The first-order valence-corrected chi connectivity index (χ1v) is 6.18. The molecule has 0 amide bonds. The molecule has 0 atom stereocenters. The number of hydrogen-bond donors (Lipinski definition) is 1. The van der Waals surface area contributed by atoms with Gasteiger partial charge in [-0.3, -0.25) is 9.88 Å². The molecule has 0 aliphatic rings. The number of hydrogen-bond acceptors (Lipinski definition) is 4. The van der Waals surface area contributed by atoms with Gasteiger partial charge < -0.3 is 10.5 Å². The van der Waals surface area contributed by atoms with Gasteiger partial charge in [-0.1, -0.05) is 0 Å². The van der Waals surface area contributed by atoms with Gasteiger partial charge in [-0.25, -0.2) is 0 Å². The number of rotatable bonds is 5. The van der Waals surface area contributed by atoms with Crippen molar-refractivity contribution in [3.05, 3.63) is 53.9 Å². The maximum absolute atomic E-state index is 5.86. The molecule has 1 aromatic carbocycles. The number of nitrogen functional groups attached to an aromatic ring is 1. The first-order valence-electron chi connectivity index (χ1n) is 6.18. The van der Waals surface area contributed by atoms with Crippen LogP contribution in [0.5, 0.6) is 5.75 Å². The maximum Gasteiger partial charge on any atom is 0.121 e. The van der Waals surface area contributed by atoms with Crippen molar-refractivity contribution in [3.8, 4) is 5.75 Å². The summed E-state index contributed by atoms with van der Waals surface area (Å²) < 4.78 is 5.23. The molecule has 0 bridgehead atoms. The summed E-state index contributed by atoms with van der Waals surface area (Å²) in [6.07, 6.45) is 3.62. The Kier molecular flexibility index (Phi) is 4.36. The number of methoxy groups -OCH3 is 1. The number of aromatic nitrogens is 1. The van der Waals surface area contributed by atoms with Crippen LogP contribution in [0.1, 0.15) is 11.1 Å². The average molecular weight is 257 g/mol. The summed E-state index contributed by atoms with van der Waals surface area (Å²) in [6.45, 7) is 1.70. The number of nitrogens with zero attached hydrogens (tertiary/aromatic N) is 2. The van der Waals surface area contributed by atoms with Crippen LogP contribution in [0.2, 0.25) is 0 Å². The van der Waals surface area contributed by atoms with E-state index in [9.17, 15) is 0 Å². The molecular formula is C15H19N3O. The normalized spacial score (nSPS) is 10.7. The molecule has 0 fully saturated rings. The number of ether oxygens (including phenoxy) is 1. The van der Waals surface area contributed by atoms with E-state index in [2.05, 4.69) is 16.9 Å². The lowest BCUT2D eigenvalue weighted by Gasteiger charge is -2.17. The minimum Gasteiger partial charge on any atom is -0.497 e. The lowest BCUT2D eigenvalue weighted by molar-refractivity contribution is 0.318. The molecule has 1 heterocycles. The zero-order valence-corrected chi connectivity index (χ0v) is 11.3. The summed E-state index contributed by atoms with van der Waals surface area (Å²) in [5.74, 6) is 0.798. The van der Waals surface area contributed by atoms with E-state index in [1.807, 2.05) is 42.7 Å². The van der Waals surface area contributed by atoms with Gasteiger partial charge in [0.2, 0.25) is 0 Å². The zero-order valence-electron chi connectivity index (χ0n) is 11.3. The highest BCUT2D eigenvalue weighted by molar-refractivity contribution is 5.47. The number of nitrogens with two attached hydrogens (primary N) is 1. The van der Waals surface area contributed by atoms with E-state index in [-0.39, 0.29) is 0 Å². The van der Waals surface area contributed by atoms with Crippen LogP contribution < -0.4 is 10.5 Å². The molecule has 0 aliphatic carbocycles. The summed E-state index contributed by atoms with van der Waals surface area (Å²) in [4.78, 5) is 6.25. The van der Waals surface area contributed by atoms with Crippen molar-refractivity contribution >= 4 is 5.69 Å². The standard InChI is InChI=1S/C15H19N3O/c1-18(10-12-3-5-17-6-4-12)11-13-7-14(16)9-15(8-13)19-2/h3-9H,10-11,16H2,1-2H3. The Morgan fingerprint density at radius 2 is 1.79 bits per heavy atom. The van der Waals surface area contributed by atoms with Crippen molar-refractivity contribution < 1.29 is 4.74 Å². The lowest BCUT2D eigenvalue weighted by Crippen LogP contribution is -2.17. The SMILES string of the molecule is COc1cc(N)cc(CN(C)Cc2ccncc2)c1. The van der Waals surface area contributed by atoms with Crippen LogP contribution in [0.3, 0.4) is 0 Å². The third-order valence-corrected chi connectivity index (χ3v) is 2.88. The van der Waals surface area contributed by atoms with E-state index < -0.39 is 0 Å². The molecule has 0 unspecified atom stereocenters. The van der Waals surface area contributed by atoms with Crippen molar-refractivity contribution in [1.82, 2.24) is 9.88 Å². The van der Waals surface area contributed by atoms with Crippen LogP contribution in [-0.4, -0.2) is 24.0 Å². The van der Waals surface area contributed by atoms with E-state index in [1.165, 1.54) is 5.56 Å². The van der Waals surface area contributed by atoms with Crippen LogP contribution >= 0.6 is 0 Å². The molecule has 2 rings (SSSR count). The van der Waals surface area contributed by atoms with E-state index in [4.69, 9.17) is 10.5 Å². The highest BCUT2D eigenvalue weighted by Gasteiger charge is 2.04. The summed E-state index contributed by atoms with van der Waals surface area (Å²) in [5.41, 5.74) is 8.98. The second kappa shape index (κ2) is 6.20. The molecule has 0 spiro atoms. The molecule has 19 heavy (non-hydrogen) atoms. The van der Waals surface area contributed by atoms with E-state index in [0.717, 1.165) is 30.1 Å². The highest BCUT2D eigenvalue weighted by Crippen LogP contribution is 2.19. The van der Waals surface area contributed by atoms with Gasteiger partial charge in [0, 0.05) is 37.2 Å². The predicted molar refractivity (Wildman–Crippen MR) is 76.8 cm³/mol. The van der Waals surface area contributed by atoms with Crippen LogP contribution in [0.4, 0.5) is 5.69 Å². The fourth-order valence-electron chi connectivity index (χ4n) is 2.06. The average Bonchev–Trinajstić information content (AvgIpc) is 2.38. The van der Waals surface area contributed by atoms with E-state index in [0.29, 0.717) is 0 Å². The van der Waals surface area contributed by atoms with Crippen LogP contribution in [0, 0.1) is 0 Å². The molecule has 0 saturated heterocycles. The molecule has 1 aromatic heterocycles. The minimum absolute atomic E-state index is 0.728. The monoisotopic (exact) mass is 257 g/mol. The van der Waals surface area contributed by atoms with Gasteiger partial charge in [-0.2, -0.15) is 0 Å². The topological polar surface area (TPSA) is 51.4 Å². The Labute approximate surface area is 113 Å². The van der Waals surface area contributed by atoms with Crippen molar-refractivity contribution in [2.45, 2.75) is 13.1 Å². The van der Waals surface area contributed by atoms with Crippen molar-refractivity contribution in [2.75, 3.05) is 19.9 Å². The van der Waals surface area contributed by atoms with E-state index >= 15 is 0 Å². The van der Waals surface area contributed by atoms with Crippen molar-refractivity contribution in [1.29, 1.82) is 0 Å². The molecule has 4 heteroatoms. The molecule has 0 aliphatic heterocycles. The second-order valence-electron chi connectivity index (χ2n) is 4.64. The van der Waals surface area contributed by atoms with Gasteiger partial charge in [0.15, 0.2) is 0 Å². The number of anilines is 1. The molecule has 4 nitrogen and oxygen atoms in total. The van der Waals surface area contributed by atoms with E-state index in [1.54, 1.807) is 7.11 Å². The van der Waals surface area contributed by atoms with Crippen LogP contribution in [-0.2, 0) is 13.1 Å². The van der Waals surface area contributed by atoms with Crippen molar-refractivity contribution in [3.63, 3.8) is 0 Å². The van der Waals surface area contributed by atoms with Crippen LogP contribution in [0.25, 0.3) is 0 Å². The first-order chi connectivity index (χ1) is 9.17. The smallest absolute Gasteiger partial charge is 0.121 e. The Morgan fingerprint density at radius 1 is 1.11 bits per heavy atom. The van der Waals surface area contributed by atoms with Gasteiger partial charge >= 0.3 is 0 Å². The quantitative estimate of drug-likeness (QED) is 0.835.